The van der Waals surface area contributed by atoms with Crippen molar-refractivity contribution in [3.63, 3.8) is 0 Å². The third-order valence-corrected chi connectivity index (χ3v) is 5.66. The molecule has 0 saturated heterocycles. The van der Waals surface area contributed by atoms with E-state index in [1.54, 1.807) is 18.2 Å². The van der Waals surface area contributed by atoms with Crippen LogP contribution in [0.15, 0.2) is 36.4 Å². The first-order chi connectivity index (χ1) is 14.0. The first-order valence-electron chi connectivity index (χ1n) is 10.0. The summed E-state index contributed by atoms with van der Waals surface area (Å²) in [5.41, 5.74) is 4.33. The number of carbonyl (C=O) groups is 2. The summed E-state index contributed by atoms with van der Waals surface area (Å²) in [5.74, 6) is 1.67. The molecule has 2 aromatic carbocycles. The van der Waals surface area contributed by atoms with Crippen molar-refractivity contribution < 1.29 is 19.1 Å². The lowest BCUT2D eigenvalue weighted by Crippen LogP contribution is -2.33. The Hall–Kier alpha value is -3.02. The summed E-state index contributed by atoms with van der Waals surface area (Å²) in [6.07, 6.45) is 2.73. The quantitative estimate of drug-likeness (QED) is 0.751. The molecule has 6 nitrogen and oxygen atoms in total. The zero-order valence-electron chi connectivity index (χ0n) is 16.8. The Bertz CT molecular complexity index is 936. The summed E-state index contributed by atoms with van der Waals surface area (Å²) < 4.78 is 10.6. The molecule has 4 rings (SSSR count). The highest BCUT2D eigenvalue weighted by molar-refractivity contribution is 5.94. The predicted octanol–water partition coefficient (Wildman–Crippen LogP) is 3.67. The third-order valence-electron chi connectivity index (χ3n) is 5.66. The smallest absolute Gasteiger partial charge is 0.243 e. The van der Waals surface area contributed by atoms with Crippen LogP contribution >= 0.6 is 0 Å². The predicted molar refractivity (Wildman–Crippen MR) is 110 cm³/mol. The van der Waals surface area contributed by atoms with Gasteiger partial charge >= 0.3 is 0 Å². The molecule has 0 aromatic heterocycles. The van der Waals surface area contributed by atoms with Crippen molar-refractivity contribution in [3.05, 3.63) is 53.1 Å². The molecule has 2 aliphatic rings. The average molecular weight is 394 g/mol. The van der Waals surface area contributed by atoms with E-state index in [-0.39, 0.29) is 31.1 Å². The maximum absolute atomic E-state index is 12.5. The van der Waals surface area contributed by atoms with Gasteiger partial charge in [-0.25, -0.2) is 0 Å². The summed E-state index contributed by atoms with van der Waals surface area (Å²) in [5, 5.41) is 5.53. The van der Waals surface area contributed by atoms with Crippen LogP contribution in [0, 0.1) is 19.8 Å². The molecule has 1 aliphatic heterocycles. The Morgan fingerprint density at radius 2 is 1.79 bits per heavy atom. The van der Waals surface area contributed by atoms with Crippen LogP contribution in [0.5, 0.6) is 11.5 Å². The van der Waals surface area contributed by atoms with Crippen LogP contribution in [-0.4, -0.2) is 25.2 Å². The van der Waals surface area contributed by atoms with E-state index in [1.165, 1.54) is 16.7 Å². The number of nitrogens with one attached hydrogen (secondary N) is 2. The molecule has 1 unspecified atom stereocenters. The van der Waals surface area contributed by atoms with E-state index in [0.29, 0.717) is 29.5 Å². The number of ether oxygens (including phenoxy) is 2. The van der Waals surface area contributed by atoms with Crippen molar-refractivity contribution >= 4 is 17.5 Å². The molecule has 0 bridgehead atoms. The van der Waals surface area contributed by atoms with Crippen molar-refractivity contribution in [2.24, 2.45) is 5.92 Å². The number of aryl methyl sites for hydroxylation is 2. The second-order valence-corrected chi connectivity index (χ2v) is 7.88. The molecule has 2 aromatic rings. The van der Waals surface area contributed by atoms with Gasteiger partial charge in [0.25, 0.3) is 0 Å². The van der Waals surface area contributed by atoms with Crippen molar-refractivity contribution in [1.82, 2.24) is 5.32 Å². The van der Waals surface area contributed by atoms with Gasteiger partial charge in [-0.1, -0.05) is 18.2 Å². The van der Waals surface area contributed by atoms with Gasteiger partial charge in [0.05, 0.1) is 6.54 Å². The third kappa shape index (κ3) is 4.70. The number of rotatable bonds is 7. The number of carbonyl (C=O) groups excluding carboxylic acids is 2. The van der Waals surface area contributed by atoms with Crippen molar-refractivity contribution in [2.45, 2.75) is 39.0 Å². The Kier molecular flexibility index (Phi) is 5.43. The normalized spacial score (nSPS) is 15.7. The molecule has 152 valence electrons. The number of fused-ring (bicyclic) bond motifs is 1. The van der Waals surface area contributed by atoms with Gasteiger partial charge in [0.2, 0.25) is 18.6 Å². The molecular formula is C23H26N2O4. The van der Waals surface area contributed by atoms with Crippen LogP contribution in [0.4, 0.5) is 5.69 Å². The molecule has 29 heavy (non-hydrogen) atoms. The first-order valence-corrected chi connectivity index (χ1v) is 10.0. The standard InChI is InChI=1S/C23H26N2O4/c1-14-3-4-17(9-15(14)2)19(16-5-6-16)11-22(26)24-12-23(27)25-18-7-8-20-21(10-18)29-13-28-20/h3-4,7-10,16,19H,5-6,11-13H2,1-2H3,(H,24,26)(H,25,27). The molecule has 1 atom stereocenters. The van der Waals surface area contributed by atoms with Gasteiger partial charge < -0.3 is 20.1 Å². The highest BCUT2D eigenvalue weighted by atomic mass is 16.7. The van der Waals surface area contributed by atoms with Gasteiger partial charge in [0.1, 0.15) is 0 Å². The Balaban J connectivity index is 1.30. The molecule has 0 radical (unpaired) electrons. The van der Waals surface area contributed by atoms with Crippen LogP contribution in [0.2, 0.25) is 0 Å². The van der Waals surface area contributed by atoms with Crippen molar-refractivity contribution in [3.8, 4) is 11.5 Å². The number of benzene rings is 2. The Labute approximate surface area is 170 Å². The molecule has 1 aliphatic carbocycles. The minimum Gasteiger partial charge on any atom is -0.454 e. The van der Waals surface area contributed by atoms with Crippen molar-refractivity contribution in [1.29, 1.82) is 0 Å². The zero-order valence-corrected chi connectivity index (χ0v) is 16.8. The van der Waals surface area contributed by atoms with E-state index < -0.39 is 0 Å². The topological polar surface area (TPSA) is 76.7 Å². The number of hydrogen-bond acceptors (Lipinski definition) is 4. The summed E-state index contributed by atoms with van der Waals surface area (Å²) in [7, 11) is 0. The SMILES string of the molecule is Cc1ccc(C(CC(=O)NCC(=O)Nc2ccc3c(c2)OCO3)C2CC2)cc1C. The number of anilines is 1. The second-order valence-electron chi connectivity index (χ2n) is 7.88. The van der Waals surface area contributed by atoms with E-state index >= 15 is 0 Å². The van der Waals surface area contributed by atoms with Crippen LogP contribution in [0.3, 0.4) is 0 Å². The molecule has 2 N–H and O–H groups in total. The molecule has 1 heterocycles. The molecule has 1 fully saturated rings. The minimum absolute atomic E-state index is 0.0579. The van der Waals surface area contributed by atoms with Crippen molar-refractivity contribution in [2.75, 3.05) is 18.7 Å². The van der Waals surface area contributed by atoms with Crippen LogP contribution in [0.1, 0.15) is 41.9 Å². The largest absolute Gasteiger partial charge is 0.454 e. The van der Waals surface area contributed by atoms with E-state index in [0.717, 1.165) is 12.8 Å². The average Bonchev–Trinajstić information content (AvgIpc) is 3.44. The van der Waals surface area contributed by atoms with E-state index in [1.807, 2.05) is 0 Å². The van der Waals surface area contributed by atoms with Crippen LogP contribution in [-0.2, 0) is 9.59 Å². The van der Waals surface area contributed by atoms with Gasteiger partial charge in [-0.05, 0) is 67.3 Å². The molecule has 1 saturated carbocycles. The fourth-order valence-electron chi connectivity index (χ4n) is 3.68. The molecular weight excluding hydrogens is 368 g/mol. The fraction of sp³-hybridized carbons (Fsp3) is 0.391. The lowest BCUT2D eigenvalue weighted by Gasteiger charge is -2.18. The maximum Gasteiger partial charge on any atom is 0.243 e. The number of hydrogen-bond donors (Lipinski definition) is 2. The number of amides is 2. The van der Waals surface area contributed by atoms with Gasteiger partial charge in [0, 0.05) is 18.2 Å². The van der Waals surface area contributed by atoms with Gasteiger partial charge in [0.15, 0.2) is 11.5 Å². The molecule has 6 heteroatoms. The molecule has 0 spiro atoms. The minimum atomic E-state index is -0.272. The highest BCUT2D eigenvalue weighted by Gasteiger charge is 2.33. The second kappa shape index (κ2) is 8.15. The lowest BCUT2D eigenvalue weighted by molar-refractivity contribution is -0.124. The highest BCUT2D eigenvalue weighted by Crippen LogP contribution is 2.44. The van der Waals surface area contributed by atoms with E-state index in [2.05, 4.69) is 42.7 Å². The first kappa shape index (κ1) is 19.3. The van der Waals surface area contributed by atoms with Gasteiger partial charge in [-0.15, -0.1) is 0 Å². The van der Waals surface area contributed by atoms with E-state index in [4.69, 9.17) is 9.47 Å². The van der Waals surface area contributed by atoms with E-state index in [9.17, 15) is 9.59 Å². The van der Waals surface area contributed by atoms with Crippen LogP contribution in [0.25, 0.3) is 0 Å². The summed E-state index contributed by atoms with van der Waals surface area (Å²) in [4.78, 5) is 24.7. The fourth-order valence-corrected chi connectivity index (χ4v) is 3.68. The summed E-state index contributed by atoms with van der Waals surface area (Å²) in [6, 6.07) is 11.7. The van der Waals surface area contributed by atoms with Gasteiger partial charge in [-0.2, -0.15) is 0 Å². The summed E-state index contributed by atoms with van der Waals surface area (Å²) in [6.45, 7) is 4.32. The summed E-state index contributed by atoms with van der Waals surface area (Å²) >= 11 is 0. The monoisotopic (exact) mass is 394 g/mol. The van der Waals surface area contributed by atoms with Crippen LogP contribution < -0.4 is 20.1 Å². The Morgan fingerprint density at radius 3 is 2.55 bits per heavy atom. The maximum atomic E-state index is 12.5. The molecule has 2 amide bonds. The lowest BCUT2D eigenvalue weighted by atomic mass is 9.89. The Morgan fingerprint density at radius 1 is 1.00 bits per heavy atom. The van der Waals surface area contributed by atoms with Gasteiger partial charge in [-0.3, -0.25) is 9.59 Å². The zero-order chi connectivity index (χ0) is 20.4.